The summed E-state index contributed by atoms with van der Waals surface area (Å²) in [7, 11) is 1.91. The molecule has 2 fully saturated rings. The molecule has 8 nitrogen and oxygen atoms in total. The fourth-order valence-corrected chi connectivity index (χ4v) is 5.63. The van der Waals surface area contributed by atoms with E-state index < -0.39 is 0 Å². The summed E-state index contributed by atoms with van der Waals surface area (Å²) in [4.78, 5) is 15.6. The number of H-pyrrole nitrogens is 1. The zero-order valence-electron chi connectivity index (χ0n) is 17.0. The standard InChI is InChI=1S/C22H21ClN8/c1-29-11-16-17(28-29)3-2-14(19(16)23)15-10-26-20-18(15)21-25-6-7-30(21)22(27-20)31-12-4-5-24-9-13(31)8-12/h2-3,6-7,10-13,24,26H,4-5,8-9H2,1H3. The molecule has 2 aliphatic rings. The highest BCUT2D eigenvalue weighted by Gasteiger charge is 2.41. The van der Waals surface area contributed by atoms with Crippen molar-refractivity contribution in [2.24, 2.45) is 7.05 Å². The third kappa shape index (κ3) is 2.37. The highest BCUT2D eigenvalue weighted by molar-refractivity contribution is 6.38. The van der Waals surface area contributed by atoms with Gasteiger partial charge in [0.1, 0.15) is 5.65 Å². The van der Waals surface area contributed by atoms with Crippen LogP contribution in [0.3, 0.4) is 0 Å². The normalized spacial score (nSPS) is 21.2. The first-order valence-electron chi connectivity index (χ1n) is 10.6. The van der Waals surface area contributed by atoms with Gasteiger partial charge in [-0.1, -0.05) is 17.7 Å². The number of rotatable bonds is 2. The molecular weight excluding hydrogens is 412 g/mol. The molecule has 5 aromatic rings. The average Bonchev–Trinajstić information content (AvgIpc) is 3.39. The number of aromatic amines is 1. The Labute approximate surface area is 182 Å². The van der Waals surface area contributed by atoms with Crippen LogP contribution in [0.5, 0.6) is 0 Å². The quantitative estimate of drug-likeness (QED) is 0.447. The van der Waals surface area contributed by atoms with Crippen molar-refractivity contribution in [1.29, 1.82) is 0 Å². The fourth-order valence-electron chi connectivity index (χ4n) is 5.32. The fraction of sp³-hybridized carbons (Fsp3) is 0.318. The van der Waals surface area contributed by atoms with Gasteiger partial charge in [0.05, 0.1) is 15.9 Å². The number of halogens is 1. The van der Waals surface area contributed by atoms with Crippen LogP contribution in [0.2, 0.25) is 5.02 Å². The highest BCUT2D eigenvalue weighted by atomic mass is 35.5. The second kappa shape index (κ2) is 6.21. The maximum atomic E-state index is 6.84. The molecular formula is C22H21ClN8. The minimum atomic E-state index is 0.486. The van der Waals surface area contributed by atoms with E-state index in [1.807, 2.05) is 44.0 Å². The summed E-state index contributed by atoms with van der Waals surface area (Å²) in [5.41, 5.74) is 4.58. The first-order chi connectivity index (χ1) is 15.2. The second-order valence-corrected chi connectivity index (χ2v) is 8.94. The first kappa shape index (κ1) is 17.6. The Hall–Kier alpha value is -3.10. The summed E-state index contributed by atoms with van der Waals surface area (Å²) in [6, 6.07) is 5.06. The van der Waals surface area contributed by atoms with Gasteiger partial charge in [-0.3, -0.25) is 9.08 Å². The monoisotopic (exact) mass is 432 g/mol. The molecule has 0 amide bonds. The van der Waals surface area contributed by atoms with Crippen LogP contribution in [-0.2, 0) is 7.05 Å². The molecule has 2 atom stereocenters. The number of anilines is 1. The zero-order chi connectivity index (χ0) is 20.7. The van der Waals surface area contributed by atoms with Crippen molar-refractivity contribution in [2.45, 2.75) is 24.9 Å². The number of nitrogens with one attached hydrogen (secondary N) is 2. The Bertz CT molecular complexity index is 1460. The molecule has 6 heterocycles. The van der Waals surface area contributed by atoms with E-state index in [2.05, 4.69) is 24.7 Å². The molecule has 2 bridgehead atoms. The molecule has 2 aliphatic heterocycles. The van der Waals surface area contributed by atoms with Gasteiger partial charge in [-0.2, -0.15) is 10.1 Å². The molecule has 0 aliphatic carbocycles. The van der Waals surface area contributed by atoms with E-state index in [9.17, 15) is 0 Å². The lowest BCUT2D eigenvalue weighted by Crippen LogP contribution is -2.58. The molecule has 1 aromatic carbocycles. The van der Waals surface area contributed by atoms with E-state index in [1.165, 1.54) is 6.42 Å². The second-order valence-electron chi connectivity index (χ2n) is 8.56. The Morgan fingerprint density at radius 1 is 1.19 bits per heavy atom. The molecule has 0 spiro atoms. The van der Waals surface area contributed by atoms with Gasteiger partial charge in [0, 0.05) is 67.0 Å². The third-order valence-electron chi connectivity index (χ3n) is 6.78. The van der Waals surface area contributed by atoms with Crippen LogP contribution in [0.15, 0.2) is 36.9 Å². The third-order valence-corrected chi connectivity index (χ3v) is 7.18. The van der Waals surface area contributed by atoms with E-state index >= 15 is 0 Å². The van der Waals surface area contributed by atoms with Gasteiger partial charge >= 0.3 is 0 Å². The number of hydrogen-bond acceptors (Lipinski definition) is 5. The van der Waals surface area contributed by atoms with Crippen LogP contribution in [-0.4, -0.2) is 54.3 Å². The molecule has 2 unspecified atom stereocenters. The number of nitrogens with zero attached hydrogens (tertiary/aromatic N) is 6. The molecule has 2 N–H and O–H groups in total. The molecule has 0 saturated carbocycles. The minimum Gasteiger partial charge on any atom is -0.345 e. The van der Waals surface area contributed by atoms with Crippen molar-refractivity contribution < 1.29 is 0 Å². The SMILES string of the molecule is Cn1cc2c(Cl)c(-c3c[nH]c4nc(N5C6CCNCC5C6)n5ccnc5c34)ccc2n1. The number of aromatic nitrogens is 6. The Kier molecular flexibility index (Phi) is 3.52. The van der Waals surface area contributed by atoms with Crippen LogP contribution in [0, 0.1) is 0 Å². The molecule has 7 rings (SSSR count). The average molecular weight is 433 g/mol. The molecule has 4 aromatic heterocycles. The van der Waals surface area contributed by atoms with Crippen LogP contribution in [0.4, 0.5) is 5.95 Å². The number of hydrogen-bond donors (Lipinski definition) is 2. The van der Waals surface area contributed by atoms with Gasteiger partial charge in [0.25, 0.3) is 0 Å². The Morgan fingerprint density at radius 2 is 2.13 bits per heavy atom. The lowest BCUT2D eigenvalue weighted by Gasteiger charge is -2.47. The molecule has 2 saturated heterocycles. The van der Waals surface area contributed by atoms with Gasteiger partial charge < -0.3 is 15.2 Å². The zero-order valence-corrected chi connectivity index (χ0v) is 17.8. The summed E-state index contributed by atoms with van der Waals surface area (Å²) in [6.07, 6.45) is 10.2. The van der Waals surface area contributed by atoms with Crippen molar-refractivity contribution >= 4 is 45.1 Å². The molecule has 9 heteroatoms. The van der Waals surface area contributed by atoms with Crippen molar-refractivity contribution in [1.82, 2.24) is 34.4 Å². The Morgan fingerprint density at radius 3 is 3.06 bits per heavy atom. The smallest absolute Gasteiger partial charge is 0.213 e. The van der Waals surface area contributed by atoms with Crippen LogP contribution < -0.4 is 10.2 Å². The summed E-state index contributed by atoms with van der Waals surface area (Å²) < 4.78 is 3.91. The van der Waals surface area contributed by atoms with Gasteiger partial charge in [-0.25, -0.2) is 4.98 Å². The first-order valence-corrected chi connectivity index (χ1v) is 11.0. The van der Waals surface area contributed by atoms with E-state index in [0.717, 1.165) is 64.2 Å². The van der Waals surface area contributed by atoms with E-state index in [0.29, 0.717) is 17.1 Å². The van der Waals surface area contributed by atoms with Gasteiger partial charge in [-0.05, 0) is 25.5 Å². The molecule has 156 valence electrons. The van der Waals surface area contributed by atoms with E-state index in [1.54, 1.807) is 4.68 Å². The Balaban J connectivity index is 1.45. The molecule has 0 radical (unpaired) electrons. The molecule has 31 heavy (non-hydrogen) atoms. The summed E-state index contributed by atoms with van der Waals surface area (Å²) in [6.45, 7) is 2.07. The topological polar surface area (TPSA) is 79.1 Å². The number of fused-ring (bicyclic) bond motifs is 6. The lowest BCUT2D eigenvalue weighted by atomic mass is 9.92. The van der Waals surface area contributed by atoms with Gasteiger partial charge in [0.2, 0.25) is 5.95 Å². The van der Waals surface area contributed by atoms with Crippen LogP contribution >= 0.6 is 11.6 Å². The number of benzene rings is 1. The van der Waals surface area contributed by atoms with E-state index in [4.69, 9.17) is 21.6 Å². The van der Waals surface area contributed by atoms with Crippen LogP contribution in [0.1, 0.15) is 12.8 Å². The number of imidazole rings is 1. The predicted octanol–water partition coefficient (Wildman–Crippen LogP) is 3.36. The predicted molar refractivity (Wildman–Crippen MR) is 122 cm³/mol. The largest absolute Gasteiger partial charge is 0.345 e. The van der Waals surface area contributed by atoms with Crippen molar-refractivity contribution in [3.05, 3.63) is 41.9 Å². The van der Waals surface area contributed by atoms with Crippen molar-refractivity contribution in [2.75, 3.05) is 18.0 Å². The van der Waals surface area contributed by atoms with Gasteiger partial charge in [-0.15, -0.1) is 0 Å². The highest BCUT2D eigenvalue weighted by Crippen LogP contribution is 2.41. The summed E-state index contributed by atoms with van der Waals surface area (Å²) in [5, 5.41) is 10.6. The minimum absolute atomic E-state index is 0.486. The van der Waals surface area contributed by atoms with Crippen molar-refractivity contribution in [3.63, 3.8) is 0 Å². The maximum Gasteiger partial charge on any atom is 0.213 e. The number of aryl methyl sites for hydroxylation is 1. The summed E-state index contributed by atoms with van der Waals surface area (Å²) >= 11 is 6.84. The maximum absolute atomic E-state index is 6.84. The lowest BCUT2D eigenvalue weighted by molar-refractivity contribution is 0.349. The van der Waals surface area contributed by atoms with E-state index in [-0.39, 0.29) is 0 Å². The summed E-state index contributed by atoms with van der Waals surface area (Å²) in [5.74, 6) is 0.965. The van der Waals surface area contributed by atoms with Gasteiger partial charge in [0.15, 0.2) is 5.65 Å². The van der Waals surface area contributed by atoms with Crippen molar-refractivity contribution in [3.8, 4) is 11.1 Å². The van der Waals surface area contributed by atoms with Crippen LogP contribution in [0.25, 0.3) is 38.7 Å².